The van der Waals surface area contributed by atoms with Gasteiger partial charge in [-0.2, -0.15) is 0 Å². The highest BCUT2D eigenvalue weighted by Gasteiger charge is 2.01. The van der Waals surface area contributed by atoms with Crippen LogP contribution in [0.3, 0.4) is 0 Å². The van der Waals surface area contributed by atoms with E-state index in [4.69, 9.17) is 11.6 Å². The van der Waals surface area contributed by atoms with Crippen LogP contribution in [0.4, 0.5) is 0 Å². The fourth-order valence-electron chi connectivity index (χ4n) is 1.79. The Morgan fingerprint density at radius 3 is 2.29 bits per heavy atom. The van der Waals surface area contributed by atoms with Crippen LogP contribution in [0, 0.1) is 0 Å². The predicted molar refractivity (Wildman–Crippen MR) is 70.0 cm³/mol. The van der Waals surface area contributed by atoms with Crippen LogP contribution in [0.1, 0.15) is 0 Å². The van der Waals surface area contributed by atoms with Gasteiger partial charge in [0.05, 0.1) is 5.02 Å². The zero-order valence-corrected chi connectivity index (χ0v) is 9.72. The summed E-state index contributed by atoms with van der Waals surface area (Å²) in [7, 11) is 0. The van der Waals surface area contributed by atoms with Crippen molar-refractivity contribution < 1.29 is 0 Å². The molecule has 3 aromatic rings. The molecule has 17 heavy (non-hydrogen) atoms. The van der Waals surface area contributed by atoms with Gasteiger partial charge in [-0.05, 0) is 16.8 Å². The van der Waals surface area contributed by atoms with Crippen LogP contribution >= 0.6 is 11.6 Å². The van der Waals surface area contributed by atoms with E-state index in [1.807, 2.05) is 18.2 Å². The number of halogens is 1. The van der Waals surface area contributed by atoms with E-state index in [-0.39, 0.29) is 0 Å². The SMILES string of the molecule is Clc1cnc(-c2ccc3ccccc3c2)nc1. The Morgan fingerprint density at radius 2 is 1.53 bits per heavy atom. The summed E-state index contributed by atoms with van der Waals surface area (Å²) in [5.74, 6) is 0.695. The maximum Gasteiger partial charge on any atom is 0.159 e. The zero-order chi connectivity index (χ0) is 11.7. The first-order valence-corrected chi connectivity index (χ1v) is 5.67. The van der Waals surface area contributed by atoms with E-state index in [0.29, 0.717) is 10.8 Å². The van der Waals surface area contributed by atoms with E-state index in [0.717, 1.165) is 5.56 Å². The van der Waals surface area contributed by atoms with Crippen LogP contribution in [0.15, 0.2) is 54.9 Å². The van der Waals surface area contributed by atoms with Gasteiger partial charge in [-0.3, -0.25) is 0 Å². The van der Waals surface area contributed by atoms with Crippen molar-refractivity contribution in [3.05, 3.63) is 59.9 Å². The molecule has 0 N–H and O–H groups in total. The highest BCUT2D eigenvalue weighted by Crippen LogP contribution is 2.21. The number of hydrogen-bond acceptors (Lipinski definition) is 2. The lowest BCUT2D eigenvalue weighted by atomic mass is 10.1. The molecule has 82 valence electrons. The van der Waals surface area contributed by atoms with Crippen molar-refractivity contribution in [1.82, 2.24) is 9.97 Å². The van der Waals surface area contributed by atoms with Gasteiger partial charge in [0, 0.05) is 18.0 Å². The van der Waals surface area contributed by atoms with Gasteiger partial charge in [0.2, 0.25) is 0 Å². The van der Waals surface area contributed by atoms with Gasteiger partial charge < -0.3 is 0 Å². The topological polar surface area (TPSA) is 25.8 Å². The summed E-state index contributed by atoms with van der Waals surface area (Å²) in [5, 5.41) is 2.95. The van der Waals surface area contributed by atoms with E-state index in [9.17, 15) is 0 Å². The second kappa shape index (κ2) is 4.15. The smallest absolute Gasteiger partial charge is 0.159 e. The Labute approximate surface area is 104 Å². The van der Waals surface area contributed by atoms with Gasteiger partial charge in [0.15, 0.2) is 5.82 Å². The first kappa shape index (κ1) is 10.2. The molecule has 2 aromatic carbocycles. The number of rotatable bonds is 1. The van der Waals surface area contributed by atoms with Crippen molar-refractivity contribution in [2.45, 2.75) is 0 Å². The molecule has 0 saturated heterocycles. The molecule has 0 atom stereocenters. The third kappa shape index (κ3) is 1.99. The lowest BCUT2D eigenvalue weighted by molar-refractivity contribution is 1.18. The fourth-order valence-corrected chi connectivity index (χ4v) is 1.89. The maximum absolute atomic E-state index is 5.77. The van der Waals surface area contributed by atoms with E-state index in [1.165, 1.54) is 10.8 Å². The molecule has 0 aliphatic rings. The minimum Gasteiger partial charge on any atom is -0.235 e. The maximum atomic E-state index is 5.77. The predicted octanol–water partition coefficient (Wildman–Crippen LogP) is 3.95. The molecule has 2 nitrogen and oxygen atoms in total. The van der Waals surface area contributed by atoms with Crippen molar-refractivity contribution in [1.29, 1.82) is 0 Å². The normalized spacial score (nSPS) is 10.6. The van der Waals surface area contributed by atoms with Crippen LogP contribution in [0.5, 0.6) is 0 Å². The lowest BCUT2D eigenvalue weighted by Crippen LogP contribution is -1.87. The van der Waals surface area contributed by atoms with Gasteiger partial charge >= 0.3 is 0 Å². The van der Waals surface area contributed by atoms with E-state index in [1.54, 1.807) is 12.4 Å². The third-order valence-corrected chi connectivity index (χ3v) is 2.82. The minimum atomic E-state index is 0.550. The van der Waals surface area contributed by atoms with Crippen LogP contribution in [-0.2, 0) is 0 Å². The first-order valence-electron chi connectivity index (χ1n) is 5.30. The van der Waals surface area contributed by atoms with Gasteiger partial charge in [-0.1, -0.05) is 48.0 Å². The molecule has 3 rings (SSSR count). The number of fused-ring (bicyclic) bond motifs is 1. The molecule has 0 aliphatic heterocycles. The standard InChI is InChI=1S/C14H9ClN2/c15-13-8-16-14(17-9-13)12-6-5-10-3-1-2-4-11(10)7-12/h1-9H. The van der Waals surface area contributed by atoms with Gasteiger partial charge in [0.25, 0.3) is 0 Å². The summed E-state index contributed by atoms with van der Waals surface area (Å²) in [6, 6.07) is 14.4. The monoisotopic (exact) mass is 240 g/mol. The summed E-state index contributed by atoms with van der Waals surface area (Å²) >= 11 is 5.77. The molecule has 0 amide bonds. The van der Waals surface area contributed by atoms with Crippen LogP contribution in [-0.4, -0.2) is 9.97 Å². The molecular formula is C14H9ClN2. The quantitative estimate of drug-likeness (QED) is 0.644. The minimum absolute atomic E-state index is 0.550. The molecule has 0 saturated carbocycles. The van der Waals surface area contributed by atoms with E-state index in [2.05, 4.69) is 34.2 Å². The summed E-state index contributed by atoms with van der Waals surface area (Å²) < 4.78 is 0. The summed E-state index contributed by atoms with van der Waals surface area (Å²) in [5.41, 5.74) is 1.00. The second-order valence-electron chi connectivity index (χ2n) is 3.79. The zero-order valence-electron chi connectivity index (χ0n) is 8.97. The van der Waals surface area contributed by atoms with Crippen molar-refractivity contribution >= 4 is 22.4 Å². The van der Waals surface area contributed by atoms with E-state index < -0.39 is 0 Å². The molecule has 0 spiro atoms. The molecular weight excluding hydrogens is 232 g/mol. The molecule has 0 radical (unpaired) electrons. The Morgan fingerprint density at radius 1 is 0.824 bits per heavy atom. The molecule has 0 fully saturated rings. The summed E-state index contributed by atoms with van der Waals surface area (Å²) in [6.07, 6.45) is 3.22. The number of hydrogen-bond donors (Lipinski definition) is 0. The van der Waals surface area contributed by atoms with Crippen molar-refractivity contribution in [3.8, 4) is 11.4 Å². The van der Waals surface area contributed by atoms with Crippen molar-refractivity contribution in [3.63, 3.8) is 0 Å². The van der Waals surface area contributed by atoms with Crippen LogP contribution < -0.4 is 0 Å². The highest BCUT2D eigenvalue weighted by molar-refractivity contribution is 6.30. The van der Waals surface area contributed by atoms with Crippen molar-refractivity contribution in [2.24, 2.45) is 0 Å². The Bertz CT molecular complexity index is 662. The average Bonchev–Trinajstić information content (AvgIpc) is 2.39. The number of benzene rings is 2. The second-order valence-corrected chi connectivity index (χ2v) is 4.22. The van der Waals surface area contributed by atoms with Crippen molar-refractivity contribution in [2.75, 3.05) is 0 Å². The molecule has 0 unspecified atom stereocenters. The van der Waals surface area contributed by atoms with E-state index >= 15 is 0 Å². The highest BCUT2D eigenvalue weighted by atomic mass is 35.5. The molecule has 3 heteroatoms. The number of nitrogens with zero attached hydrogens (tertiary/aromatic N) is 2. The summed E-state index contributed by atoms with van der Waals surface area (Å²) in [4.78, 5) is 8.42. The van der Waals surface area contributed by atoms with Crippen LogP contribution in [0.25, 0.3) is 22.2 Å². The third-order valence-electron chi connectivity index (χ3n) is 2.63. The number of aromatic nitrogens is 2. The Hall–Kier alpha value is -1.93. The molecule has 0 aliphatic carbocycles. The molecule has 1 aromatic heterocycles. The van der Waals surface area contributed by atoms with Gasteiger partial charge in [-0.15, -0.1) is 0 Å². The summed E-state index contributed by atoms with van der Waals surface area (Å²) in [6.45, 7) is 0. The largest absolute Gasteiger partial charge is 0.235 e. The lowest BCUT2D eigenvalue weighted by Gasteiger charge is -2.02. The van der Waals surface area contributed by atoms with Gasteiger partial charge in [-0.25, -0.2) is 9.97 Å². The fraction of sp³-hybridized carbons (Fsp3) is 0. The van der Waals surface area contributed by atoms with Crippen LogP contribution in [0.2, 0.25) is 5.02 Å². The van der Waals surface area contributed by atoms with Gasteiger partial charge in [0.1, 0.15) is 0 Å². The average molecular weight is 241 g/mol. The first-order chi connectivity index (χ1) is 8.33. The Balaban J connectivity index is 2.14. The Kier molecular flexibility index (Phi) is 2.50. The molecule has 0 bridgehead atoms. The molecule has 1 heterocycles.